The number of hydrogen-bond donors (Lipinski definition) is 1. The molecule has 0 fully saturated rings. The van der Waals surface area contributed by atoms with E-state index in [0.717, 1.165) is 41.7 Å². The van der Waals surface area contributed by atoms with Gasteiger partial charge in [-0.3, -0.25) is 4.79 Å². The molecule has 1 N–H and O–H groups in total. The van der Waals surface area contributed by atoms with Gasteiger partial charge in [0.15, 0.2) is 0 Å². The molecule has 0 unspecified atom stereocenters. The van der Waals surface area contributed by atoms with E-state index in [4.69, 9.17) is 32.9 Å². The molecule has 0 bridgehead atoms. The second-order valence-corrected chi connectivity index (χ2v) is 10.9. The number of amides is 1. The first-order valence-corrected chi connectivity index (χ1v) is 13.4. The Balaban J connectivity index is 1.58. The second-order valence-electron chi connectivity index (χ2n) is 9.02. The molecule has 8 heteroatoms. The Morgan fingerprint density at radius 3 is 2.58 bits per heavy atom. The Kier molecular flexibility index (Phi) is 7.02. The molecule has 36 heavy (non-hydrogen) atoms. The van der Waals surface area contributed by atoms with Gasteiger partial charge in [-0.05, 0) is 69.4 Å². The van der Waals surface area contributed by atoms with Crippen LogP contribution in [0.4, 0.5) is 5.00 Å². The largest absolute Gasteiger partial charge is 0.459 e. The Morgan fingerprint density at radius 2 is 1.81 bits per heavy atom. The predicted octanol–water partition coefficient (Wildman–Crippen LogP) is 7.97. The molecule has 0 spiro atoms. The maximum Gasteiger partial charge on any atom is 0.341 e. The van der Waals surface area contributed by atoms with E-state index in [0.29, 0.717) is 42.8 Å². The number of anilines is 1. The number of halogens is 2. The summed E-state index contributed by atoms with van der Waals surface area (Å²) in [6.45, 7) is 3.64. The minimum absolute atomic E-state index is 0.252. The van der Waals surface area contributed by atoms with Crippen molar-refractivity contribution in [2.24, 2.45) is 0 Å². The summed E-state index contributed by atoms with van der Waals surface area (Å²) in [7, 11) is 0. The number of esters is 1. The number of carbonyl (C=O) groups excluding carboxylic acids is 2. The topological polar surface area (TPSA) is 68.3 Å². The molecule has 5 nitrogen and oxygen atoms in total. The number of thiophene rings is 1. The van der Waals surface area contributed by atoms with Crippen LogP contribution in [0, 0.1) is 0 Å². The van der Waals surface area contributed by atoms with E-state index in [2.05, 4.69) is 5.32 Å². The van der Waals surface area contributed by atoms with Crippen molar-refractivity contribution < 1.29 is 14.3 Å². The van der Waals surface area contributed by atoms with Crippen LogP contribution in [0.2, 0.25) is 10.0 Å². The molecule has 1 aliphatic rings. The third kappa shape index (κ3) is 4.85. The number of benzene rings is 2. The van der Waals surface area contributed by atoms with Crippen molar-refractivity contribution in [3.63, 3.8) is 0 Å². The summed E-state index contributed by atoms with van der Waals surface area (Å²) >= 11 is 13.8. The molecule has 5 rings (SSSR count). The summed E-state index contributed by atoms with van der Waals surface area (Å²) in [4.78, 5) is 32.6. The molecule has 2 heterocycles. The van der Waals surface area contributed by atoms with Crippen molar-refractivity contribution >= 4 is 62.3 Å². The molecule has 2 aromatic heterocycles. The molecule has 1 amide bonds. The van der Waals surface area contributed by atoms with Crippen LogP contribution < -0.4 is 5.32 Å². The van der Waals surface area contributed by atoms with Crippen LogP contribution in [-0.2, 0) is 17.6 Å². The molecule has 0 radical (unpaired) electrons. The van der Waals surface area contributed by atoms with E-state index >= 15 is 0 Å². The van der Waals surface area contributed by atoms with Gasteiger partial charge in [0.05, 0.1) is 38.5 Å². The van der Waals surface area contributed by atoms with Crippen LogP contribution in [0.3, 0.4) is 0 Å². The third-order valence-corrected chi connectivity index (χ3v) is 8.07. The van der Waals surface area contributed by atoms with E-state index in [1.54, 1.807) is 18.2 Å². The lowest BCUT2D eigenvalue weighted by Gasteiger charge is -2.14. The molecule has 184 valence electrons. The van der Waals surface area contributed by atoms with Crippen molar-refractivity contribution in [1.82, 2.24) is 4.98 Å². The summed E-state index contributed by atoms with van der Waals surface area (Å²) in [5, 5.41) is 5.14. The van der Waals surface area contributed by atoms with Crippen LogP contribution >= 0.6 is 34.5 Å². The third-order valence-electron chi connectivity index (χ3n) is 6.12. The van der Waals surface area contributed by atoms with Gasteiger partial charge < -0.3 is 10.1 Å². The maximum atomic E-state index is 13.7. The quantitative estimate of drug-likeness (QED) is 0.261. The van der Waals surface area contributed by atoms with Crippen LogP contribution in [0.25, 0.3) is 22.2 Å². The normalized spacial score (nSPS) is 13.0. The van der Waals surface area contributed by atoms with Gasteiger partial charge in [0.1, 0.15) is 5.00 Å². The summed E-state index contributed by atoms with van der Waals surface area (Å²) in [6, 6.07) is 14.5. The lowest BCUT2D eigenvalue weighted by molar-refractivity contribution is 0.0378. The number of rotatable bonds is 5. The number of fused-ring (bicyclic) bond motifs is 2. The zero-order valence-corrected chi connectivity index (χ0v) is 22.2. The van der Waals surface area contributed by atoms with E-state index in [9.17, 15) is 9.59 Å². The molecule has 0 aliphatic heterocycles. The second kappa shape index (κ2) is 10.2. The maximum absolute atomic E-state index is 13.7. The molecule has 4 aromatic rings. The van der Waals surface area contributed by atoms with Crippen LogP contribution in [0.5, 0.6) is 0 Å². The highest BCUT2D eigenvalue weighted by atomic mass is 35.5. The first kappa shape index (κ1) is 24.8. The monoisotopic (exact) mass is 538 g/mol. The highest BCUT2D eigenvalue weighted by Crippen LogP contribution is 2.39. The Hall–Kier alpha value is -2.93. The van der Waals surface area contributed by atoms with Gasteiger partial charge in [-0.25, -0.2) is 9.78 Å². The summed E-state index contributed by atoms with van der Waals surface area (Å²) < 4.78 is 5.54. The Bertz CT molecular complexity index is 1500. The van der Waals surface area contributed by atoms with Gasteiger partial charge in [-0.2, -0.15) is 0 Å². The molecular weight excluding hydrogens is 515 g/mol. The average molecular weight is 539 g/mol. The minimum atomic E-state index is -0.393. The van der Waals surface area contributed by atoms with Gasteiger partial charge >= 0.3 is 5.97 Å². The summed E-state index contributed by atoms with van der Waals surface area (Å²) in [5.41, 5.74) is 3.97. The van der Waals surface area contributed by atoms with Crippen molar-refractivity contribution in [2.45, 2.75) is 45.6 Å². The molecule has 2 aromatic carbocycles. The lowest BCUT2D eigenvalue weighted by Crippen LogP contribution is -2.18. The van der Waals surface area contributed by atoms with Crippen molar-refractivity contribution in [2.75, 3.05) is 5.32 Å². The van der Waals surface area contributed by atoms with Crippen molar-refractivity contribution in [3.8, 4) is 11.3 Å². The van der Waals surface area contributed by atoms with E-state index in [1.165, 1.54) is 11.3 Å². The summed E-state index contributed by atoms with van der Waals surface area (Å²) in [6.07, 6.45) is 3.54. The standard InChI is InChI=1S/C28H24Cl2N2O3S/c1-15(2)35-28(34)25-18-8-4-6-10-24(18)36-27(25)32-26(33)19-14-23(16-11-12-20(29)21(30)13-16)31-22-9-5-3-7-17(19)22/h3,5,7,9,11-15H,4,6,8,10H2,1-2H3,(H,32,33). The zero-order chi connectivity index (χ0) is 25.4. The van der Waals surface area contributed by atoms with Crippen molar-refractivity contribution in [3.05, 3.63) is 80.1 Å². The number of aryl methyl sites for hydroxylation is 1. The van der Waals surface area contributed by atoms with Gasteiger partial charge in [0, 0.05) is 15.8 Å². The minimum Gasteiger partial charge on any atom is -0.459 e. The van der Waals surface area contributed by atoms with Gasteiger partial charge in [-0.15, -0.1) is 11.3 Å². The van der Waals surface area contributed by atoms with Crippen LogP contribution in [0.15, 0.2) is 48.5 Å². The number of nitrogens with zero attached hydrogens (tertiary/aromatic N) is 1. The number of nitrogens with one attached hydrogen (secondary N) is 1. The highest BCUT2D eigenvalue weighted by molar-refractivity contribution is 7.17. The van der Waals surface area contributed by atoms with Gasteiger partial charge in [-0.1, -0.05) is 47.5 Å². The first-order chi connectivity index (χ1) is 17.3. The molecule has 0 saturated carbocycles. The van der Waals surface area contributed by atoms with E-state index in [1.807, 2.05) is 44.2 Å². The smallest absolute Gasteiger partial charge is 0.341 e. The fourth-order valence-electron chi connectivity index (χ4n) is 4.48. The van der Waals surface area contributed by atoms with Gasteiger partial charge in [0.2, 0.25) is 0 Å². The molecule has 1 aliphatic carbocycles. The zero-order valence-electron chi connectivity index (χ0n) is 19.9. The average Bonchev–Trinajstić information content (AvgIpc) is 3.22. The SMILES string of the molecule is CC(C)OC(=O)c1c(NC(=O)c2cc(-c3ccc(Cl)c(Cl)c3)nc3ccccc23)sc2c1CCCC2. The first-order valence-electron chi connectivity index (χ1n) is 11.8. The predicted molar refractivity (Wildman–Crippen MR) is 147 cm³/mol. The molecule has 0 atom stereocenters. The molecular formula is C28H24Cl2N2O3S. The van der Waals surface area contributed by atoms with Crippen LogP contribution in [-0.4, -0.2) is 23.0 Å². The molecule has 0 saturated heterocycles. The number of para-hydroxylation sites is 1. The van der Waals surface area contributed by atoms with E-state index < -0.39 is 5.97 Å². The number of carbonyl (C=O) groups is 2. The van der Waals surface area contributed by atoms with Crippen molar-refractivity contribution in [1.29, 1.82) is 0 Å². The van der Waals surface area contributed by atoms with Gasteiger partial charge in [0.25, 0.3) is 5.91 Å². The lowest BCUT2D eigenvalue weighted by atomic mass is 9.95. The highest BCUT2D eigenvalue weighted by Gasteiger charge is 2.28. The van der Waals surface area contributed by atoms with Crippen LogP contribution in [0.1, 0.15) is 57.8 Å². The number of aromatic nitrogens is 1. The number of hydrogen-bond acceptors (Lipinski definition) is 5. The Morgan fingerprint density at radius 1 is 1.03 bits per heavy atom. The number of ether oxygens (including phenoxy) is 1. The Labute approximate surface area is 223 Å². The fourth-order valence-corrected chi connectivity index (χ4v) is 6.05. The van der Waals surface area contributed by atoms with E-state index in [-0.39, 0.29) is 12.0 Å². The fraction of sp³-hybridized carbons (Fsp3) is 0.250. The summed E-state index contributed by atoms with van der Waals surface area (Å²) in [5.74, 6) is -0.706. The number of pyridine rings is 1.